The lowest BCUT2D eigenvalue weighted by Gasteiger charge is -2.24. The van der Waals surface area contributed by atoms with Crippen LogP contribution in [0.5, 0.6) is 0 Å². The smallest absolute Gasteiger partial charge is 0.0947 e. The molecule has 0 aliphatic rings. The van der Waals surface area contributed by atoms with E-state index in [1.165, 1.54) is 0 Å². The molecule has 1 atom stereocenters. The molecule has 0 aliphatic heterocycles. The van der Waals surface area contributed by atoms with Crippen LogP contribution in [0, 0.1) is 11.8 Å². The molecule has 0 aliphatic carbocycles. The van der Waals surface area contributed by atoms with Gasteiger partial charge in [0, 0.05) is 5.92 Å². The van der Waals surface area contributed by atoms with E-state index < -0.39 is 0 Å². The molecule has 0 spiro atoms. The molecular formula is C10H21FO. The fourth-order valence-corrected chi connectivity index (χ4v) is 0.772. The Hall–Kier alpha value is -0.110. The topological polar surface area (TPSA) is 9.23 Å². The summed E-state index contributed by atoms with van der Waals surface area (Å²) in [5.74, 6) is 0.404. The van der Waals surface area contributed by atoms with E-state index in [0.717, 1.165) is 0 Å². The Balaban J connectivity index is 3.73. The summed E-state index contributed by atoms with van der Waals surface area (Å²) in [5.41, 5.74) is -0.150. The molecule has 0 fully saturated rings. The van der Waals surface area contributed by atoms with Crippen LogP contribution in [0.2, 0.25) is 0 Å². The summed E-state index contributed by atoms with van der Waals surface area (Å²) in [5, 5.41) is 0. The first-order chi connectivity index (χ1) is 5.37. The van der Waals surface area contributed by atoms with Gasteiger partial charge in [0.05, 0.1) is 18.9 Å². The molecule has 74 valence electrons. The zero-order chi connectivity index (χ0) is 9.78. The van der Waals surface area contributed by atoms with Crippen molar-refractivity contribution in [1.82, 2.24) is 0 Å². The fraction of sp³-hybridized carbons (Fsp3) is 1.00. The van der Waals surface area contributed by atoms with Crippen molar-refractivity contribution in [3.63, 3.8) is 0 Å². The van der Waals surface area contributed by atoms with Crippen molar-refractivity contribution in [2.75, 3.05) is 13.3 Å². The molecule has 0 N–H and O–H groups in total. The Morgan fingerprint density at radius 3 is 2.00 bits per heavy atom. The van der Waals surface area contributed by atoms with Crippen LogP contribution in [0.15, 0.2) is 0 Å². The van der Waals surface area contributed by atoms with Crippen molar-refractivity contribution in [3.05, 3.63) is 0 Å². The second-order valence-corrected chi connectivity index (χ2v) is 4.58. The highest BCUT2D eigenvalue weighted by molar-refractivity contribution is 4.65. The molecule has 0 saturated heterocycles. The first-order valence-electron chi connectivity index (χ1n) is 4.56. The molecule has 2 heteroatoms. The van der Waals surface area contributed by atoms with Crippen LogP contribution >= 0.6 is 0 Å². The van der Waals surface area contributed by atoms with Gasteiger partial charge in [-0.05, 0) is 26.7 Å². The van der Waals surface area contributed by atoms with Gasteiger partial charge >= 0.3 is 0 Å². The highest BCUT2D eigenvalue weighted by atomic mass is 19.1. The Labute approximate surface area is 75.3 Å². The Bertz CT molecular complexity index is 115. The average molecular weight is 176 g/mol. The minimum absolute atomic E-state index is 0.0456. The van der Waals surface area contributed by atoms with Crippen molar-refractivity contribution in [2.24, 2.45) is 11.8 Å². The number of hydrogen-bond acceptors (Lipinski definition) is 1. The zero-order valence-corrected chi connectivity index (χ0v) is 8.86. The van der Waals surface area contributed by atoms with Gasteiger partial charge in [-0.1, -0.05) is 13.8 Å². The van der Waals surface area contributed by atoms with Gasteiger partial charge in [0.1, 0.15) is 0 Å². The van der Waals surface area contributed by atoms with E-state index in [4.69, 9.17) is 4.74 Å². The molecule has 0 radical (unpaired) electrons. The van der Waals surface area contributed by atoms with Crippen molar-refractivity contribution < 1.29 is 9.13 Å². The first kappa shape index (κ1) is 11.9. The molecule has 0 bridgehead atoms. The second kappa shape index (κ2) is 4.80. The van der Waals surface area contributed by atoms with Gasteiger partial charge in [0.25, 0.3) is 0 Å². The maximum Gasteiger partial charge on any atom is 0.0947 e. The maximum absolute atomic E-state index is 12.4. The van der Waals surface area contributed by atoms with Crippen LogP contribution in [0.4, 0.5) is 4.39 Å². The van der Waals surface area contributed by atoms with Gasteiger partial charge < -0.3 is 4.74 Å². The molecule has 1 unspecified atom stereocenters. The van der Waals surface area contributed by atoms with Crippen LogP contribution in [0.1, 0.15) is 34.6 Å². The molecule has 0 amide bonds. The van der Waals surface area contributed by atoms with Gasteiger partial charge in [0.15, 0.2) is 0 Å². The third-order valence-corrected chi connectivity index (χ3v) is 1.87. The quantitative estimate of drug-likeness (QED) is 0.639. The molecule has 0 aromatic rings. The van der Waals surface area contributed by atoms with Crippen molar-refractivity contribution >= 4 is 0 Å². The summed E-state index contributed by atoms with van der Waals surface area (Å²) in [6.45, 7) is 10.3. The molecule has 0 heterocycles. The van der Waals surface area contributed by atoms with Crippen LogP contribution < -0.4 is 0 Å². The molecule has 12 heavy (non-hydrogen) atoms. The third kappa shape index (κ3) is 5.53. The van der Waals surface area contributed by atoms with Crippen LogP contribution in [0.3, 0.4) is 0 Å². The first-order valence-corrected chi connectivity index (χ1v) is 4.56. The van der Waals surface area contributed by atoms with Crippen LogP contribution in [-0.2, 0) is 4.74 Å². The minimum atomic E-state index is -0.284. The molecule has 1 nitrogen and oxygen atoms in total. The molecule has 0 saturated carbocycles. The Kier molecular flexibility index (Phi) is 4.76. The van der Waals surface area contributed by atoms with Gasteiger partial charge in [-0.15, -0.1) is 0 Å². The SMILES string of the molecule is CC(C)C(CF)COC(C)(C)C. The predicted molar refractivity (Wildman–Crippen MR) is 50.0 cm³/mol. The highest BCUT2D eigenvalue weighted by Gasteiger charge is 2.17. The highest BCUT2D eigenvalue weighted by Crippen LogP contribution is 2.16. The number of hydrogen-bond donors (Lipinski definition) is 0. The zero-order valence-electron chi connectivity index (χ0n) is 8.86. The predicted octanol–water partition coefficient (Wildman–Crippen LogP) is 3.04. The molecule has 0 aromatic carbocycles. The van der Waals surface area contributed by atoms with Crippen molar-refractivity contribution in [3.8, 4) is 0 Å². The van der Waals surface area contributed by atoms with E-state index in [2.05, 4.69) is 0 Å². The van der Waals surface area contributed by atoms with E-state index >= 15 is 0 Å². The molecule has 0 aromatic heterocycles. The number of rotatable bonds is 4. The van der Waals surface area contributed by atoms with E-state index in [1.54, 1.807) is 0 Å². The fourth-order valence-electron chi connectivity index (χ4n) is 0.772. The van der Waals surface area contributed by atoms with Gasteiger partial charge in [-0.25, -0.2) is 0 Å². The normalized spacial score (nSPS) is 15.2. The summed E-state index contributed by atoms with van der Waals surface area (Å²) in [6, 6.07) is 0. The van der Waals surface area contributed by atoms with Crippen LogP contribution in [-0.4, -0.2) is 18.9 Å². The lowest BCUT2D eigenvalue weighted by Crippen LogP contribution is -2.26. The lowest BCUT2D eigenvalue weighted by atomic mass is 9.98. The monoisotopic (exact) mass is 176 g/mol. The van der Waals surface area contributed by atoms with Crippen molar-refractivity contribution in [2.45, 2.75) is 40.2 Å². The summed E-state index contributed by atoms with van der Waals surface area (Å²) in [7, 11) is 0. The Morgan fingerprint density at radius 1 is 1.25 bits per heavy atom. The number of alkyl halides is 1. The summed E-state index contributed by atoms with van der Waals surface area (Å²) < 4.78 is 17.9. The average Bonchev–Trinajstić information content (AvgIpc) is 1.85. The molecular weight excluding hydrogens is 155 g/mol. The third-order valence-electron chi connectivity index (χ3n) is 1.87. The van der Waals surface area contributed by atoms with Gasteiger partial charge in [-0.2, -0.15) is 0 Å². The minimum Gasteiger partial charge on any atom is -0.375 e. The van der Waals surface area contributed by atoms with Gasteiger partial charge in [-0.3, -0.25) is 4.39 Å². The van der Waals surface area contributed by atoms with E-state index in [0.29, 0.717) is 12.5 Å². The maximum atomic E-state index is 12.4. The summed E-state index contributed by atoms with van der Waals surface area (Å²) in [4.78, 5) is 0. The van der Waals surface area contributed by atoms with E-state index in [9.17, 15) is 4.39 Å². The number of halogens is 1. The second-order valence-electron chi connectivity index (χ2n) is 4.58. The number of ether oxygens (including phenoxy) is 1. The summed E-state index contributed by atoms with van der Waals surface area (Å²) >= 11 is 0. The summed E-state index contributed by atoms with van der Waals surface area (Å²) in [6.07, 6.45) is 0. The lowest BCUT2D eigenvalue weighted by molar-refractivity contribution is -0.0336. The van der Waals surface area contributed by atoms with E-state index in [-0.39, 0.29) is 18.2 Å². The van der Waals surface area contributed by atoms with Gasteiger partial charge in [0.2, 0.25) is 0 Å². The van der Waals surface area contributed by atoms with E-state index in [1.807, 2.05) is 34.6 Å². The van der Waals surface area contributed by atoms with Crippen LogP contribution in [0.25, 0.3) is 0 Å². The van der Waals surface area contributed by atoms with Crippen molar-refractivity contribution in [1.29, 1.82) is 0 Å². The standard InChI is InChI=1S/C10H21FO/c1-8(2)9(6-11)7-12-10(3,4)5/h8-9H,6-7H2,1-5H3. The Morgan fingerprint density at radius 2 is 1.75 bits per heavy atom. The molecule has 0 rings (SSSR count). The largest absolute Gasteiger partial charge is 0.375 e.